The van der Waals surface area contributed by atoms with Crippen LogP contribution in [0.2, 0.25) is 0 Å². The van der Waals surface area contributed by atoms with Crippen molar-refractivity contribution < 1.29 is 10.2 Å². The summed E-state index contributed by atoms with van der Waals surface area (Å²) in [6.07, 6.45) is 5.15. The van der Waals surface area contributed by atoms with E-state index in [1.807, 2.05) is 31.7 Å². The molecule has 0 heterocycles. The van der Waals surface area contributed by atoms with Crippen LogP contribution in [-0.4, -0.2) is 45.6 Å². The van der Waals surface area contributed by atoms with Crippen molar-refractivity contribution in [1.82, 2.24) is 9.80 Å². The first-order valence-corrected chi connectivity index (χ1v) is 6.84. The molecule has 0 aromatic carbocycles. The highest BCUT2D eigenvalue weighted by Gasteiger charge is 2.25. The fraction of sp³-hybridized carbons (Fsp3) is 0.600. The van der Waals surface area contributed by atoms with Gasteiger partial charge in [0.2, 0.25) is 0 Å². The van der Waals surface area contributed by atoms with Gasteiger partial charge >= 0.3 is 0 Å². The maximum atomic E-state index is 10.2. The topological polar surface area (TPSA) is 46.9 Å². The Kier molecular flexibility index (Phi) is 9.00. The fourth-order valence-corrected chi connectivity index (χ4v) is 1.97. The highest BCUT2D eigenvalue weighted by Crippen LogP contribution is 2.19. The lowest BCUT2D eigenvalue weighted by Gasteiger charge is -2.40. The highest BCUT2D eigenvalue weighted by molar-refractivity contribution is 5.04. The van der Waals surface area contributed by atoms with Crippen molar-refractivity contribution in [1.29, 1.82) is 0 Å². The monoisotopic (exact) mass is 268 g/mol. The van der Waals surface area contributed by atoms with Crippen LogP contribution >= 0.6 is 0 Å². The fourth-order valence-electron chi connectivity index (χ4n) is 1.97. The van der Waals surface area contributed by atoms with Crippen LogP contribution in [0.25, 0.3) is 0 Å². The maximum Gasteiger partial charge on any atom is 0.130 e. The lowest BCUT2D eigenvalue weighted by atomic mass is 10.2. The molecule has 0 saturated heterocycles. The number of allylic oxidation sites excluding steroid dienone is 1. The molecule has 0 aliphatic heterocycles. The largest absolute Gasteiger partial charge is 0.373 e. The van der Waals surface area contributed by atoms with E-state index in [0.29, 0.717) is 25.9 Å². The maximum absolute atomic E-state index is 10.2. The highest BCUT2D eigenvalue weighted by atomic mass is 16.3. The number of rotatable bonds is 10. The van der Waals surface area contributed by atoms with Gasteiger partial charge in [-0.2, -0.15) is 0 Å². The quantitative estimate of drug-likeness (QED) is 0.471. The van der Waals surface area contributed by atoms with E-state index in [1.165, 1.54) is 0 Å². The van der Waals surface area contributed by atoms with Crippen molar-refractivity contribution in [2.24, 2.45) is 0 Å². The summed E-state index contributed by atoms with van der Waals surface area (Å²) in [4.78, 5) is 3.66. The number of aliphatic hydroxyl groups is 2. The van der Waals surface area contributed by atoms with Gasteiger partial charge in [0, 0.05) is 13.1 Å². The lowest BCUT2D eigenvalue weighted by Crippen LogP contribution is -2.47. The van der Waals surface area contributed by atoms with Gasteiger partial charge in [-0.3, -0.25) is 0 Å². The van der Waals surface area contributed by atoms with Gasteiger partial charge in [-0.15, -0.1) is 13.2 Å². The molecule has 110 valence electrons. The molecule has 0 aromatic heterocycles. The van der Waals surface area contributed by atoms with Crippen LogP contribution in [0.15, 0.2) is 37.2 Å². The molecule has 0 aliphatic carbocycles. The second kappa shape index (κ2) is 9.64. The van der Waals surface area contributed by atoms with Crippen molar-refractivity contribution in [3.8, 4) is 0 Å². The van der Waals surface area contributed by atoms with E-state index in [-0.39, 0.29) is 0 Å². The second-order valence-electron chi connectivity index (χ2n) is 4.31. The lowest BCUT2D eigenvalue weighted by molar-refractivity contribution is -0.0956. The molecule has 0 spiro atoms. The average Bonchev–Trinajstić information content (AvgIpc) is 2.43. The Balaban J connectivity index is 5.31. The third kappa shape index (κ3) is 5.09. The molecule has 2 unspecified atom stereocenters. The van der Waals surface area contributed by atoms with Crippen molar-refractivity contribution in [3.63, 3.8) is 0 Å². The molecule has 2 atom stereocenters. The molecule has 0 amide bonds. The minimum atomic E-state index is -0.710. The molecule has 0 saturated carbocycles. The van der Waals surface area contributed by atoms with E-state index in [2.05, 4.69) is 13.2 Å². The minimum Gasteiger partial charge on any atom is -0.373 e. The van der Waals surface area contributed by atoms with Gasteiger partial charge in [-0.25, -0.2) is 0 Å². The SMILES string of the molecule is C=CCN(CC=C)C(=CC)N(C(O)CC)C(O)CC. The Morgan fingerprint density at radius 2 is 1.47 bits per heavy atom. The molecular formula is C15H28N2O2. The van der Waals surface area contributed by atoms with Gasteiger partial charge in [-0.05, 0) is 25.8 Å². The van der Waals surface area contributed by atoms with Gasteiger partial charge in [0.1, 0.15) is 18.3 Å². The Hall–Kier alpha value is -1.26. The summed E-state index contributed by atoms with van der Waals surface area (Å²) < 4.78 is 0. The van der Waals surface area contributed by atoms with Crippen LogP contribution < -0.4 is 0 Å². The second-order valence-corrected chi connectivity index (χ2v) is 4.31. The summed E-state index contributed by atoms with van der Waals surface area (Å²) in [5.41, 5.74) is 0. The zero-order chi connectivity index (χ0) is 14.8. The predicted octanol–water partition coefficient (Wildman–Crippen LogP) is 2.28. The number of hydrogen-bond acceptors (Lipinski definition) is 4. The number of hydrogen-bond donors (Lipinski definition) is 2. The summed E-state index contributed by atoms with van der Waals surface area (Å²) in [5.74, 6) is 0.795. The Morgan fingerprint density at radius 3 is 1.74 bits per heavy atom. The molecular weight excluding hydrogens is 240 g/mol. The van der Waals surface area contributed by atoms with E-state index >= 15 is 0 Å². The molecule has 0 rings (SSSR count). The molecule has 4 heteroatoms. The van der Waals surface area contributed by atoms with E-state index in [9.17, 15) is 10.2 Å². The molecule has 0 fully saturated rings. The summed E-state index contributed by atoms with van der Waals surface area (Å²) in [6, 6.07) is 0. The smallest absolute Gasteiger partial charge is 0.130 e. The summed E-state index contributed by atoms with van der Waals surface area (Å²) in [5, 5.41) is 20.3. The molecule has 0 bridgehead atoms. The molecule has 4 nitrogen and oxygen atoms in total. The minimum absolute atomic E-state index is 0.546. The normalized spacial score (nSPS) is 14.7. The van der Waals surface area contributed by atoms with Gasteiger partial charge in [0.25, 0.3) is 0 Å². The van der Waals surface area contributed by atoms with E-state index in [1.54, 1.807) is 17.1 Å². The van der Waals surface area contributed by atoms with Crippen LogP contribution in [0, 0.1) is 0 Å². The van der Waals surface area contributed by atoms with Crippen LogP contribution in [0.1, 0.15) is 33.6 Å². The van der Waals surface area contributed by atoms with Crippen molar-refractivity contribution in [3.05, 3.63) is 37.2 Å². The third-order valence-corrected chi connectivity index (χ3v) is 2.92. The molecule has 0 aromatic rings. The van der Waals surface area contributed by atoms with Crippen LogP contribution in [0.4, 0.5) is 0 Å². The number of aliphatic hydroxyl groups excluding tert-OH is 2. The summed E-state index contributed by atoms with van der Waals surface area (Å²) in [6.45, 7) is 14.4. The molecule has 2 N–H and O–H groups in total. The van der Waals surface area contributed by atoms with Crippen molar-refractivity contribution in [2.75, 3.05) is 13.1 Å². The standard InChI is InChI=1S/C15H28N2O2/c1-6-11-16(12-7-2)13(8-3)17(14(18)9-4)15(19)10-5/h6-8,14-15,18-19H,1-2,9-12H2,3-5H3. The van der Waals surface area contributed by atoms with Crippen molar-refractivity contribution >= 4 is 0 Å². The average molecular weight is 268 g/mol. The van der Waals surface area contributed by atoms with Gasteiger partial charge in [0.05, 0.1) is 0 Å². The predicted molar refractivity (Wildman–Crippen MR) is 80.2 cm³/mol. The Labute approximate surface area is 117 Å². The van der Waals surface area contributed by atoms with Crippen LogP contribution in [0.3, 0.4) is 0 Å². The van der Waals surface area contributed by atoms with Crippen LogP contribution in [0.5, 0.6) is 0 Å². The van der Waals surface area contributed by atoms with Gasteiger partial charge in [-0.1, -0.05) is 26.0 Å². The van der Waals surface area contributed by atoms with E-state index in [4.69, 9.17) is 0 Å². The van der Waals surface area contributed by atoms with Gasteiger partial charge < -0.3 is 20.0 Å². The third-order valence-electron chi connectivity index (χ3n) is 2.92. The number of nitrogens with zero attached hydrogens (tertiary/aromatic N) is 2. The molecule has 0 aliphatic rings. The first kappa shape index (κ1) is 17.7. The van der Waals surface area contributed by atoms with E-state index in [0.717, 1.165) is 5.82 Å². The zero-order valence-corrected chi connectivity index (χ0v) is 12.4. The van der Waals surface area contributed by atoms with Crippen molar-refractivity contribution in [2.45, 2.75) is 46.1 Å². The molecule has 19 heavy (non-hydrogen) atoms. The molecule has 0 radical (unpaired) electrons. The van der Waals surface area contributed by atoms with E-state index < -0.39 is 12.5 Å². The van der Waals surface area contributed by atoms with Crippen LogP contribution in [-0.2, 0) is 0 Å². The summed E-state index contributed by atoms with van der Waals surface area (Å²) in [7, 11) is 0. The Bertz CT molecular complexity index is 283. The first-order valence-electron chi connectivity index (χ1n) is 6.84. The Morgan fingerprint density at radius 1 is 1.05 bits per heavy atom. The van der Waals surface area contributed by atoms with Gasteiger partial charge in [0.15, 0.2) is 0 Å². The summed E-state index contributed by atoms with van der Waals surface area (Å²) >= 11 is 0. The zero-order valence-electron chi connectivity index (χ0n) is 12.4. The first-order chi connectivity index (χ1) is 9.06.